The Kier molecular flexibility index (Phi) is 4.07. The molecule has 2 aromatic rings. The minimum Gasteiger partial charge on any atom is -0.452 e. The third kappa shape index (κ3) is 2.92. The maximum Gasteiger partial charge on any atom is 0.169 e. The van der Waals surface area contributed by atoms with E-state index >= 15 is 0 Å². The molecule has 0 saturated carbocycles. The Hall–Kier alpha value is -0.880. The highest BCUT2D eigenvalue weighted by Gasteiger charge is 2.14. The summed E-state index contributed by atoms with van der Waals surface area (Å²) in [7, 11) is 0. The van der Waals surface area contributed by atoms with Crippen molar-refractivity contribution in [3.63, 3.8) is 0 Å². The predicted molar refractivity (Wildman–Crippen MR) is 72.5 cm³/mol. The van der Waals surface area contributed by atoms with E-state index in [0.717, 1.165) is 12.1 Å². The number of rotatable bonds is 3. The molecule has 2 nitrogen and oxygen atoms in total. The average molecular weight is 381 g/mol. The molecule has 0 bridgehead atoms. The van der Waals surface area contributed by atoms with Gasteiger partial charge in [-0.1, -0.05) is 0 Å². The first kappa shape index (κ1) is 13.5. The van der Waals surface area contributed by atoms with Crippen molar-refractivity contribution in [2.45, 2.75) is 13.0 Å². The molecule has 18 heavy (non-hydrogen) atoms. The van der Waals surface area contributed by atoms with Gasteiger partial charge in [-0.3, -0.25) is 0 Å². The second-order valence-electron chi connectivity index (χ2n) is 3.75. The van der Waals surface area contributed by atoms with Gasteiger partial charge in [-0.25, -0.2) is 8.78 Å². The lowest BCUT2D eigenvalue weighted by atomic mass is 10.2. The molecular formula is C12H9Br2F2NO. The molecule has 0 spiro atoms. The Morgan fingerprint density at radius 1 is 1.17 bits per heavy atom. The zero-order valence-electron chi connectivity index (χ0n) is 9.31. The van der Waals surface area contributed by atoms with Crippen LogP contribution in [-0.4, -0.2) is 0 Å². The second kappa shape index (κ2) is 5.40. The van der Waals surface area contributed by atoms with Gasteiger partial charge in [0.15, 0.2) is 4.67 Å². The van der Waals surface area contributed by atoms with Crippen molar-refractivity contribution < 1.29 is 13.2 Å². The summed E-state index contributed by atoms with van der Waals surface area (Å²) in [5, 5.41) is 2.86. The van der Waals surface area contributed by atoms with Crippen LogP contribution in [0, 0.1) is 11.6 Å². The van der Waals surface area contributed by atoms with Crippen molar-refractivity contribution in [2.75, 3.05) is 5.32 Å². The Bertz CT molecular complexity index is 571. The molecule has 0 amide bonds. The normalized spacial score (nSPS) is 12.5. The Balaban J connectivity index is 2.21. The molecule has 0 radical (unpaired) electrons. The van der Waals surface area contributed by atoms with Crippen molar-refractivity contribution >= 4 is 37.5 Å². The number of hydrogen-bond donors (Lipinski definition) is 1. The van der Waals surface area contributed by atoms with Crippen LogP contribution in [-0.2, 0) is 0 Å². The fourth-order valence-electron chi connectivity index (χ4n) is 1.50. The Labute approximate surface area is 120 Å². The maximum absolute atomic E-state index is 13.6. The summed E-state index contributed by atoms with van der Waals surface area (Å²) in [6.07, 6.45) is 0. The molecule has 1 aromatic carbocycles. The van der Waals surface area contributed by atoms with Crippen molar-refractivity contribution in [1.29, 1.82) is 0 Å². The number of nitrogens with one attached hydrogen (secondary N) is 1. The van der Waals surface area contributed by atoms with Gasteiger partial charge in [-0.05, 0) is 57.0 Å². The lowest BCUT2D eigenvalue weighted by molar-refractivity contribution is 0.470. The van der Waals surface area contributed by atoms with E-state index in [2.05, 4.69) is 37.2 Å². The van der Waals surface area contributed by atoms with E-state index in [0.29, 0.717) is 10.4 Å². The fraction of sp³-hybridized carbons (Fsp3) is 0.167. The summed E-state index contributed by atoms with van der Waals surface area (Å²) in [4.78, 5) is 0. The Morgan fingerprint density at radius 3 is 2.50 bits per heavy atom. The number of anilines is 1. The summed E-state index contributed by atoms with van der Waals surface area (Å²) >= 11 is 6.11. The first-order chi connectivity index (χ1) is 8.47. The third-order valence-electron chi connectivity index (χ3n) is 2.40. The van der Waals surface area contributed by atoms with E-state index in [1.807, 2.05) is 0 Å². The monoisotopic (exact) mass is 379 g/mol. The molecule has 6 heteroatoms. The fourth-order valence-corrected chi connectivity index (χ4v) is 2.13. The lowest BCUT2D eigenvalue weighted by Crippen LogP contribution is -2.07. The molecule has 1 aromatic heterocycles. The second-order valence-corrected chi connectivity index (χ2v) is 5.39. The van der Waals surface area contributed by atoms with E-state index in [9.17, 15) is 8.78 Å². The number of hydrogen-bond acceptors (Lipinski definition) is 2. The van der Waals surface area contributed by atoms with Crippen molar-refractivity contribution in [3.05, 3.63) is 50.8 Å². The van der Waals surface area contributed by atoms with Gasteiger partial charge in [-0.2, -0.15) is 0 Å². The van der Waals surface area contributed by atoms with E-state index in [-0.39, 0.29) is 16.2 Å². The van der Waals surface area contributed by atoms with Crippen LogP contribution in [0.15, 0.2) is 37.8 Å². The van der Waals surface area contributed by atoms with E-state index in [4.69, 9.17) is 4.42 Å². The molecule has 0 saturated heterocycles. The summed E-state index contributed by atoms with van der Waals surface area (Å²) < 4.78 is 33.0. The van der Waals surface area contributed by atoms with Gasteiger partial charge in [0.1, 0.15) is 17.4 Å². The van der Waals surface area contributed by atoms with Crippen molar-refractivity contribution in [3.8, 4) is 0 Å². The molecule has 1 unspecified atom stereocenters. The minimum atomic E-state index is -0.527. The molecule has 1 heterocycles. The first-order valence-electron chi connectivity index (χ1n) is 5.13. The van der Waals surface area contributed by atoms with Crippen LogP contribution >= 0.6 is 31.9 Å². The smallest absolute Gasteiger partial charge is 0.169 e. The largest absolute Gasteiger partial charge is 0.452 e. The van der Waals surface area contributed by atoms with Crippen molar-refractivity contribution in [2.24, 2.45) is 0 Å². The molecule has 0 aliphatic heterocycles. The van der Waals surface area contributed by atoms with Gasteiger partial charge in [0.2, 0.25) is 0 Å². The topological polar surface area (TPSA) is 25.2 Å². The number of benzene rings is 1. The molecule has 96 valence electrons. The van der Waals surface area contributed by atoms with Crippen LogP contribution in [0.3, 0.4) is 0 Å². The van der Waals surface area contributed by atoms with Crippen LogP contribution in [0.25, 0.3) is 0 Å². The van der Waals surface area contributed by atoms with Crippen LogP contribution in [0.5, 0.6) is 0 Å². The summed E-state index contributed by atoms with van der Waals surface area (Å²) in [6.45, 7) is 1.80. The summed E-state index contributed by atoms with van der Waals surface area (Å²) in [5.41, 5.74) is 0.0933. The van der Waals surface area contributed by atoms with Gasteiger partial charge < -0.3 is 9.73 Å². The first-order valence-corrected chi connectivity index (χ1v) is 6.72. The van der Waals surface area contributed by atoms with Crippen LogP contribution in [0.4, 0.5) is 14.5 Å². The van der Waals surface area contributed by atoms with Gasteiger partial charge in [0.05, 0.1) is 16.2 Å². The quantitative estimate of drug-likeness (QED) is 0.735. The van der Waals surface area contributed by atoms with E-state index < -0.39 is 11.6 Å². The van der Waals surface area contributed by atoms with Gasteiger partial charge in [0.25, 0.3) is 0 Å². The highest BCUT2D eigenvalue weighted by atomic mass is 79.9. The number of furan rings is 1. The molecule has 0 aliphatic carbocycles. The summed E-state index contributed by atoms with van der Waals surface area (Å²) in [6, 6.07) is 5.42. The predicted octanol–water partition coefficient (Wildman–Crippen LogP) is 5.26. The Morgan fingerprint density at radius 2 is 1.89 bits per heavy atom. The molecular weight excluding hydrogens is 372 g/mol. The van der Waals surface area contributed by atoms with Crippen LogP contribution in [0.1, 0.15) is 18.7 Å². The standard InChI is InChI=1S/C12H9Br2F2NO/c1-6(11-2-3-12(14)18-11)17-10-5-8(15)7(13)4-9(10)16/h2-6,17H,1H3. The van der Waals surface area contributed by atoms with E-state index in [1.54, 1.807) is 19.1 Å². The highest BCUT2D eigenvalue weighted by molar-refractivity contribution is 9.10. The van der Waals surface area contributed by atoms with Gasteiger partial charge >= 0.3 is 0 Å². The zero-order chi connectivity index (χ0) is 13.3. The third-order valence-corrected chi connectivity index (χ3v) is 3.44. The molecule has 2 rings (SSSR count). The average Bonchev–Trinajstić information content (AvgIpc) is 2.73. The van der Waals surface area contributed by atoms with Crippen LogP contribution in [0.2, 0.25) is 0 Å². The molecule has 1 atom stereocenters. The number of halogens is 4. The molecule has 1 N–H and O–H groups in total. The van der Waals surface area contributed by atoms with Crippen molar-refractivity contribution in [1.82, 2.24) is 0 Å². The van der Waals surface area contributed by atoms with E-state index in [1.165, 1.54) is 0 Å². The summed E-state index contributed by atoms with van der Waals surface area (Å²) in [5.74, 6) is -0.419. The lowest BCUT2D eigenvalue weighted by Gasteiger charge is -2.14. The zero-order valence-corrected chi connectivity index (χ0v) is 12.5. The van der Waals surface area contributed by atoms with Gasteiger partial charge in [0, 0.05) is 6.07 Å². The minimum absolute atomic E-state index is 0.0933. The highest BCUT2D eigenvalue weighted by Crippen LogP contribution is 2.28. The van der Waals surface area contributed by atoms with Crippen LogP contribution < -0.4 is 5.32 Å². The molecule has 0 fully saturated rings. The SMILES string of the molecule is CC(Nc1cc(F)c(Br)cc1F)c1ccc(Br)o1. The maximum atomic E-state index is 13.6. The van der Waals surface area contributed by atoms with Gasteiger partial charge in [-0.15, -0.1) is 0 Å². The molecule has 0 aliphatic rings.